The summed E-state index contributed by atoms with van der Waals surface area (Å²) in [4.78, 5) is 7.20. The van der Waals surface area contributed by atoms with Crippen LogP contribution < -0.4 is 11.1 Å². The molecule has 1 atom stereocenters. The number of nitrogens with one attached hydrogen (secondary N) is 1. The molecule has 1 aliphatic rings. The van der Waals surface area contributed by atoms with Gasteiger partial charge < -0.3 is 16.0 Å². The minimum atomic E-state index is 0.652. The van der Waals surface area contributed by atoms with Crippen LogP contribution in [0.25, 0.3) is 10.9 Å². The normalized spacial score (nSPS) is 19.5. The molecule has 4 nitrogen and oxygen atoms in total. The minimum absolute atomic E-state index is 0.652. The first kappa shape index (κ1) is 14.1. The number of rotatable bonds is 4. The Balaban J connectivity index is 1.62. The molecule has 0 saturated carbocycles. The Labute approximate surface area is 126 Å². The summed E-state index contributed by atoms with van der Waals surface area (Å²) in [5.41, 5.74) is 7.57. The monoisotopic (exact) mass is 284 g/mol. The Kier molecular flexibility index (Phi) is 3.97. The molecule has 21 heavy (non-hydrogen) atoms. The Morgan fingerprint density at radius 2 is 2.19 bits per heavy atom. The molecule has 0 bridgehead atoms. The smallest absolute Gasteiger partial charge is 0.126 e. The maximum absolute atomic E-state index is 5.79. The molecule has 0 aliphatic carbocycles. The number of benzene rings is 1. The first-order valence-electron chi connectivity index (χ1n) is 7.76. The lowest BCUT2D eigenvalue weighted by molar-refractivity contribution is 0.266. The van der Waals surface area contributed by atoms with Crippen LogP contribution in [0.2, 0.25) is 0 Å². The van der Waals surface area contributed by atoms with Gasteiger partial charge in [0.2, 0.25) is 0 Å². The van der Waals surface area contributed by atoms with E-state index in [2.05, 4.69) is 35.1 Å². The van der Waals surface area contributed by atoms with E-state index in [1.54, 1.807) is 0 Å². The van der Waals surface area contributed by atoms with Crippen molar-refractivity contribution in [2.45, 2.75) is 26.3 Å². The first-order chi connectivity index (χ1) is 10.1. The predicted octanol–water partition coefficient (Wildman–Crippen LogP) is 2.96. The molecule has 4 heteroatoms. The van der Waals surface area contributed by atoms with E-state index in [0.29, 0.717) is 6.04 Å². The predicted molar refractivity (Wildman–Crippen MR) is 89.5 cm³/mol. The van der Waals surface area contributed by atoms with Crippen molar-refractivity contribution < 1.29 is 0 Å². The molecule has 0 amide bonds. The Morgan fingerprint density at radius 3 is 2.95 bits per heavy atom. The van der Waals surface area contributed by atoms with Crippen molar-refractivity contribution in [2.75, 3.05) is 30.7 Å². The number of nitrogens with zero attached hydrogens (tertiary/aromatic N) is 2. The first-order valence-corrected chi connectivity index (χ1v) is 7.76. The van der Waals surface area contributed by atoms with Crippen LogP contribution in [0.1, 0.15) is 20.3 Å². The van der Waals surface area contributed by atoms with Gasteiger partial charge in [-0.2, -0.15) is 0 Å². The number of likely N-dealkylation sites (tertiary alicyclic amines) is 1. The summed E-state index contributed by atoms with van der Waals surface area (Å²) >= 11 is 0. The number of anilines is 2. The molecular formula is C17H24N4. The largest absolute Gasteiger partial charge is 0.399 e. The van der Waals surface area contributed by atoms with Gasteiger partial charge in [-0.05, 0) is 63.1 Å². The van der Waals surface area contributed by atoms with E-state index in [1.165, 1.54) is 19.5 Å². The number of fused-ring (bicyclic) bond motifs is 1. The summed E-state index contributed by atoms with van der Waals surface area (Å²) < 4.78 is 0. The molecule has 1 saturated heterocycles. The fourth-order valence-corrected chi connectivity index (χ4v) is 2.99. The standard InChI is InChI=1S/C17H24N4/c1-12(2)21-8-7-13(11-21)10-19-17-6-3-14-9-15(18)4-5-16(14)20-17/h3-6,9,12-13H,7-8,10-11,18H2,1-2H3,(H,19,20). The van der Waals surface area contributed by atoms with Gasteiger partial charge in [0.15, 0.2) is 0 Å². The lowest BCUT2D eigenvalue weighted by Gasteiger charge is -2.20. The fraction of sp³-hybridized carbons (Fsp3) is 0.471. The zero-order chi connectivity index (χ0) is 14.8. The number of hydrogen-bond acceptors (Lipinski definition) is 4. The summed E-state index contributed by atoms with van der Waals surface area (Å²) in [7, 11) is 0. The van der Waals surface area contributed by atoms with Crippen molar-refractivity contribution >= 4 is 22.4 Å². The molecule has 0 radical (unpaired) electrons. The second-order valence-electron chi connectivity index (χ2n) is 6.27. The molecule has 1 fully saturated rings. The SMILES string of the molecule is CC(C)N1CCC(CNc2ccc3cc(N)ccc3n2)C1. The maximum atomic E-state index is 5.79. The van der Waals surface area contributed by atoms with E-state index >= 15 is 0 Å². The molecule has 1 aromatic carbocycles. The highest BCUT2D eigenvalue weighted by Crippen LogP contribution is 2.21. The van der Waals surface area contributed by atoms with Crippen LogP contribution in [0.15, 0.2) is 30.3 Å². The summed E-state index contributed by atoms with van der Waals surface area (Å²) in [6.45, 7) is 7.94. The second-order valence-corrected chi connectivity index (χ2v) is 6.27. The van der Waals surface area contributed by atoms with Crippen molar-refractivity contribution in [1.82, 2.24) is 9.88 Å². The average molecular weight is 284 g/mol. The lowest BCUT2D eigenvalue weighted by atomic mass is 10.1. The molecule has 3 rings (SSSR count). The summed E-state index contributed by atoms with van der Waals surface area (Å²) in [5.74, 6) is 1.67. The van der Waals surface area contributed by atoms with Gasteiger partial charge in [0, 0.05) is 30.2 Å². The molecule has 1 unspecified atom stereocenters. The minimum Gasteiger partial charge on any atom is -0.399 e. The number of hydrogen-bond donors (Lipinski definition) is 2. The molecule has 112 valence electrons. The average Bonchev–Trinajstić information content (AvgIpc) is 2.94. The van der Waals surface area contributed by atoms with E-state index in [1.807, 2.05) is 24.3 Å². The summed E-state index contributed by atoms with van der Waals surface area (Å²) in [6, 6.07) is 10.6. The molecule has 2 aromatic rings. The van der Waals surface area contributed by atoms with Crippen LogP contribution in [0.4, 0.5) is 11.5 Å². The number of nitrogen functional groups attached to an aromatic ring is 1. The van der Waals surface area contributed by atoms with Gasteiger partial charge in [0.1, 0.15) is 5.82 Å². The quantitative estimate of drug-likeness (QED) is 0.848. The molecular weight excluding hydrogens is 260 g/mol. The van der Waals surface area contributed by atoms with Gasteiger partial charge in [-0.25, -0.2) is 4.98 Å². The molecule has 3 N–H and O–H groups in total. The molecule has 1 aliphatic heterocycles. The highest BCUT2D eigenvalue weighted by molar-refractivity contribution is 5.83. The van der Waals surface area contributed by atoms with Crippen LogP contribution >= 0.6 is 0 Å². The number of pyridine rings is 1. The third-order valence-electron chi connectivity index (χ3n) is 4.33. The molecule has 1 aromatic heterocycles. The maximum Gasteiger partial charge on any atom is 0.126 e. The van der Waals surface area contributed by atoms with Crippen molar-refractivity contribution in [2.24, 2.45) is 5.92 Å². The van der Waals surface area contributed by atoms with Gasteiger partial charge in [0.05, 0.1) is 5.52 Å². The van der Waals surface area contributed by atoms with Crippen molar-refractivity contribution in [1.29, 1.82) is 0 Å². The van der Waals surface area contributed by atoms with Crippen LogP contribution in [0.5, 0.6) is 0 Å². The van der Waals surface area contributed by atoms with Crippen LogP contribution in [0.3, 0.4) is 0 Å². The van der Waals surface area contributed by atoms with Gasteiger partial charge in [0.25, 0.3) is 0 Å². The third-order valence-corrected chi connectivity index (χ3v) is 4.33. The van der Waals surface area contributed by atoms with Gasteiger partial charge in [-0.15, -0.1) is 0 Å². The summed E-state index contributed by atoms with van der Waals surface area (Å²) in [5, 5.41) is 4.57. The van der Waals surface area contributed by atoms with E-state index in [4.69, 9.17) is 5.73 Å². The van der Waals surface area contributed by atoms with Crippen molar-refractivity contribution in [3.05, 3.63) is 30.3 Å². The van der Waals surface area contributed by atoms with Gasteiger partial charge in [-0.3, -0.25) is 0 Å². The van der Waals surface area contributed by atoms with Crippen LogP contribution in [-0.2, 0) is 0 Å². The molecule has 0 spiro atoms. The van der Waals surface area contributed by atoms with Gasteiger partial charge >= 0.3 is 0 Å². The highest BCUT2D eigenvalue weighted by Gasteiger charge is 2.23. The van der Waals surface area contributed by atoms with Crippen LogP contribution in [0, 0.1) is 5.92 Å². The zero-order valence-electron chi connectivity index (χ0n) is 12.8. The number of nitrogens with two attached hydrogens (primary N) is 1. The molecule has 2 heterocycles. The zero-order valence-corrected chi connectivity index (χ0v) is 12.8. The number of aromatic nitrogens is 1. The van der Waals surface area contributed by atoms with E-state index in [-0.39, 0.29) is 0 Å². The Morgan fingerprint density at radius 1 is 1.33 bits per heavy atom. The Hall–Kier alpha value is -1.81. The van der Waals surface area contributed by atoms with E-state index in [9.17, 15) is 0 Å². The fourth-order valence-electron chi connectivity index (χ4n) is 2.99. The highest BCUT2D eigenvalue weighted by atomic mass is 15.2. The van der Waals surface area contributed by atoms with Crippen molar-refractivity contribution in [3.63, 3.8) is 0 Å². The van der Waals surface area contributed by atoms with Gasteiger partial charge in [-0.1, -0.05) is 0 Å². The summed E-state index contributed by atoms with van der Waals surface area (Å²) in [6.07, 6.45) is 1.27. The third kappa shape index (κ3) is 3.27. The van der Waals surface area contributed by atoms with E-state index < -0.39 is 0 Å². The van der Waals surface area contributed by atoms with Crippen LogP contribution in [-0.4, -0.2) is 35.6 Å². The second kappa shape index (κ2) is 5.90. The van der Waals surface area contributed by atoms with E-state index in [0.717, 1.165) is 34.9 Å². The topological polar surface area (TPSA) is 54.2 Å². The Bertz CT molecular complexity index is 623. The lowest BCUT2D eigenvalue weighted by Crippen LogP contribution is -2.29. The van der Waals surface area contributed by atoms with Crippen molar-refractivity contribution in [3.8, 4) is 0 Å².